The van der Waals surface area contributed by atoms with Gasteiger partial charge in [0.2, 0.25) is 0 Å². The topological polar surface area (TPSA) is 68.0 Å². The smallest absolute Gasteiger partial charge is 0.345 e. The van der Waals surface area contributed by atoms with Gasteiger partial charge in [-0.3, -0.25) is 0 Å². The number of thiophene rings is 1. The van der Waals surface area contributed by atoms with Gasteiger partial charge in [0.25, 0.3) is 6.43 Å². The molecule has 0 saturated carbocycles. The summed E-state index contributed by atoms with van der Waals surface area (Å²) in [5, 5.41) is 13.0. The Hall–Kier alpha value is -2.35. The lowest BCUT2D eigenvalue weighted by Crippen LogP contribution is -2.00. The maximum atomic E-state index is 13.1. The predicted molar refractivity (Wildman–Crippen MR) is 73.4 cm³/mol. The highest BCUT2D eigenvalue weighted by molar-refractivity contribution is 7.20. The zero-order valence-corrected chi connectivity index (χ0v) is 11.6. The zero-order chi connectivity index (χ0) is 15.1. The summed E-state index contributed by atoms with van der Waals surface area (Å²) >= 11 is 0.899. The number of carboxylic acids is 1. The second-order valence-corrected chi connectivity index (χ2v) is 5.45. The van der Waals surface area contributed by atoms with Gasteiger partial charge in [-0.1, -0.05) is 0 Å². The van der Waals surface area contributed by atoms with Crippen molar-refractivity contribution < 1.29 is 18.7 Å². The van der Waals surface area contributed by atoms with Gasteiger partial charge < -0.3 is 5.11 Å². The second-order valence-electron chi connectivity index (χ2n) is 4.42. The minimum atomic E-state index is -2.78. The van der Waals surface area contributed by atoms with Crippen LogP contribution in [0.1, 0.15) is 27.4 Å². The third-order valence-corrected chi connectivity index (χ3v) is 4.02. The van der Waals surface area contributed by atoms with Gasteiger partial charge in [-0.25, -0.2) is 23.2 Å². The number of pyridine rings is 1. The van der Waals surface area contributed by atoms with Crippen molar-refractivity contribution in [1.29, 1.82) is 0 Å². The third-order valence-electron chi connectivity index (χ3n) is 2.92. The fraction of sp³-hybridized carbons (Fsp3) is 0.154. The summed E-state index contributed by atoms with van der Waals surface area (Å²) in [6.45, 7) is 1.84. The molecular weight excluding hydrogens is 300 g/mol. The molecule has 3 aromatic heterocycles. The fourth-order valence-corrected chi connectivity index (χ4v) is 2.95. The first-order valence-electron chi connectivity index (χ1n) is 5.94. The van der Waals surface area contributed by atoms with E-state index in [4.69, 9.17) is 5.11 Å². The third kappa shape index (κ3) is 2.27. The highest BCUT2D eigenvalue weighted by Gasteiger charge is 2.23. The highest BCUT2D eigenvalue weighted by Crippen LogP contribution is 2.34. The van der Waals surface area contributed by atoms with E-state index in [1.165, 1.54) is 10.7 Å². The Morgan fingerprint density at radius 2 is 2.19 bits per heavy atom. The van der Waals surface area contributed by atoms with Gasteiger partial charge in [0.05, 0.1) is 0 Å². The van der Waals surface area contributed by atoms with Crippen LogP contribution in [0, 0.1) is 6.92 Å². The van der Waals surface area contributed by atoms with Gasteiger partial charge in [-0.2, -0.15) is 5.10 Å². The monoisotopic (exact) mass is 309 g/mol. The maximum absolute atomic E-state index is 13.1. The Morgan fingerprint density at radius 3 is 2.81 bits per heavy atom. The van der Waals surface area contributed by atoms with E-state index in [2.05, 4.69) is 10.1 Å². The molecular formula is C13H9F2N3O2S. The highest BCUT2D eigenvalue weighted by atomic mass is 32.1. The number of nitrogens with zero attached hydrogens (tertiary/aromatic N) is 3. The van der Waals surface area contributed by atoms with Crippen molar-refractivity contribution in [2.75, 3.05) is 0 Å². The van der Waals surface area contributed by atoms with Crippen LogP contribution in [0.15, 0.2) is 24.4 Å². The first-order chi connectivity index (χ1) is 9.97. The van der Waals surface area contributed by atoms with Crippen LogP contribution >= 0.6 is 11.3 Å². The Kier molecular flexibility index (Phi) is 3.17. The van der Waals surface area contributed by atoms with Crippen molar-refractivity contribution in [1.82, 2.24) is 14.8 Å². The van der Waals surface area contributed by atoms with Crippen LogP contribution in [0.2, 0.25) is 0 Å². The van der Waals surface area contributed by atoms with Crippen LogP contribution in [-0.4, -0.2) is 25.8 Å². The normalized spacial score (nSPS) is 11.4. The Morgan fingerprint density at radius 1 is 1.43 bits per heavy atom. The van der Waals surface area contributed by atoms with Crippen LogP contribution in [0.25, 0.3) is 16.0 Å². The number of carboxylic acid groups (broad SMARTS) is 1. The van der Waals surface area contributed by atoms with Gasteiger partial charge in [0, 0.05) is 11.6 Å². The number of aromatic carboxylic acids is 1. The molecule has 0 aliphatic carbocycles. The van der Waals surface area contributed by atoms with Crippen LogP contribution in [-0.2, 0) is 0 Å². The van der Waals surface area contributed by atoms with Gasteiger partial charge in [0.15, 0.2) is 5.82 Å². The van der Waals surface area contributed by atoms with E-state index in [0.717, 1.165) is 16.9 Å². The van der Waals surface area contributed by atoms with E-state index in [1.54, 1.807) is 18.3 Å². The molecule has 5 nitrogen and oxygen atoms in total. The quantitative estimate of drug-likeness (QED) is 0.805. The van der Waals surface area contributed by atoms with Gasteiger partial charge >= 0.3 is 5.97 Å². The predicted octanol–water partition coefficient (Wildman–Crippen LogP) is 3.43. The van der Waals surface area contributed by atoms with Crippen LogP contribution in [0.3, 0.4) is 0 Å². The van der Waals surface area contributed by atoms with Crippen molar-refractivity contribution in [3.8, 4) is 5.82 Å². The molecule has 3 rings (SSSR count). The molecule has 0 atom stereocenters. The molecule has 0 aromatic carbocycles. The maximum Gasteiger partial charge on any atom is 0.345 e. The average Bonchev–Trinajstić information content (AvgIpc) is 2.96. The first-order valence-corrected chi connectivity index (χ1v) is 6.76. The molecule has 21 heavy (non-hydrogen) atoms. The minimum Gasteiger partial charge on any atom is -0.477 e. The van der Waals surface area contributed by atoms with Crippen LogP contribution < -0.4 is 0 Å². The van der Waals surface area contributed by atoms with E-state index in [0.29, 0.717) is 10.6 Å². The van der Waals surface area contributed by atoms with Crippen LogP contribution in [0.4, 0.5) is 8.78 Å². The summed E-state index contributed by atoms with van der Waals surface area (Å²) in [6.07, 6.45) is -1.24. The van der Waals surface area contributed by atoms with E-state index in [9.17, 15) is 13.6 Å². The number of halogens is 2. The van der Waals surface area contributed by atoms with Crippen molar-refractivity contribution in [3.05, 3.63) is 40.5 Å². The van der Waals surface area contributed by atoms with Gasteiger partial charge in [-0.05, 0) is 30.7 Å². The molecule has 0 unspecified atom stereocenters. The molecule has 0 saturated heterocycles. The van der Waals surface area contributed by atoms with Gasteiger partial charge in [-0.15, -0.1) is 11.3 Å². The van der Waals surface area contributed by atoms with Crippen molar-refractivity contribution >= 4 is 27.5 Å². The lowest BCUT2D eigenvalue weighted by molar-refractivity contribution is 0.0702. The standard InChI is InChI=1S/C13H9F2N3O2S/c1-6-2-3-16-9(4-6)18-12-7(10(17-18)11(14)15)5-8(21-12)13(19)20/h2-5,11H,1H3,(H,19,20). The molecule has 0 radical (unpaired) electrons. The molecule has 108 valence electrons. The molecule has 0 bridgehead atoms. The summed E-state index contributed by atoms with van der Waals surface area (Å²) < 4.78 is 27.4. The van der Waals surface area contributed by atoms with E-state index in [1.807, 2.05) is 6.92 Å². The van der Waals surface area contributed by atoms with Gasteiger partial charge in [0.1, 0.15) is 15.4 Å². The number of rotatable bonds is 3. The molecule has 3 heterocycles. The lowest BCUT2D eigenvalue weighted by Gasteiger charge is -2.02. The summed E-state index contributed by atoms with van der Waals surface area (Å²) in [5.41, 5.74) is 0.467. The molecule has 3 aromatic rings. The van der Waals surface area contributed by atoms with Crippen molar-refractivity contribution in [3.63, 3.8) is 0 Å². The summed E-state index contributed by atoms with van der Waals surface area (Å²) in [4.78, 5) is 15.5. The number of hydrogen-bond acceptors (Lipinski definition) is 4. The number of aromatic nitrogens is 3. The molecule has 0 amide bonds. The van der Waals surface area contributed by atoms with Crippen molar-refractivity contribution in [2.24, 2.45) is 0 Å². The number of hydrogen-bond donors (Lipinski definition) is 1. The number of aryl methyl sites for hydroxylation is 1. The SMILES string of the molecule is Cc1ccnc(-n2nc(C(F)F)c3cc(C(=O)O)sc32)c1. The van der Waals surface area contributed by atoms with Crippen LogP contribution in [0.5, 0.6) is 0 Å². The largest absolute Gasteiger partial charge is 0.477 e. The Bertz CT molecular complexity index is 841. The van der Waals surface area contributed by atoms with Crippen molar-refractivity contribution in [2.45, 2.75) is 13.3 Å². The van der Waals surface area contributed by atoms with E-state index >= 15 is 0 Å². The number of alkyl halides is 2. The average molecular weight is 309 g/mol. The molecule has 8 heteroatoms. The summed E-state index contributed by atoms with van der Waals surface area (Å²) in [6, 6.07) is 4.69. The minimum absolute atomic E-state index is 0.00861. The van der Waals surface area contributed by atoms with E-state index < -0.39 is 18.1 Å². The number of carbonyl (C=O) groups is 1. The molecule has 0 spiro atoms. The Labute approximate surface area is 121 Å². The molecule has 0 aliphatic rings. The number of fused-ring (bicyclic) bond motifs is 1. The molecule has 0 aliphatic heterocycles. The Balaban J connectivity index is 2.29. The summed E-state index contributed by atoms with van der Waals surface area (Å²) in [5.74, 6) is -0.772. The fourth-order valence-electron chi connectivity index (χ4n) is 1.99. The van der Waals surface area contributed by atoms with E-state index in [-0.39, 0.29) is 10.3 Å². The lowest BCUT2D eigenvalue weighted by atomic mass is 10.3. The summed E-state index contributed by atoms with van der Waals surface area (Å²) in [7, 11) is 0. The first kappa shape index (κ1) is 13.6. The molecule has 1 N–H and O–H groups in total. The molecule has 0 fully saturated rings. The zero-order valence-electron chi connectivity index (χ0n) is 10.7. The second kappa shape index (κ2) is 4.88.